The van der Waals surface area contributed by atoms with Gasteiger partial charge < -0.3 is 5.73 Å². The quantitative estimate of drug-likeness (QED) is 0.945. The fourth-order valence-corrected chi connectivity index (χ4v) is 2.97. The molecule has 0 saturated heterocycles. The maximum absolute atomic E-state index is 12.0. The van der Waals surface area contributed by atoms with Crippen LogP contribution in [0.4, 0.5) is 0 Å². The van der Waals surface area contributed by atoms with E-state index in [1.165, 1.54) is 18.4 Å². The van der Waals surface area contributed by atoms with Crippen LogP contribution < -0.4 is 5.73 Å². The topological polar surface area (TPSA) is 68.3 Å². The third-order valence-corrected chi connectivity index (χ3v) is 4.38. The third kappa shape index (κ3) is 2.25. The van der Waals surface area contributed by atoms with Crippen LogP contribution >= 0.6 is 0 Å². The SMILES string of the molecule is NCC1=NCC(=O)c2ccc(-c3cncc(C4CC4)c3)cc21. The fourth-order valence-electron chi connectivity index (χ4n) is 2.97. The number of hydrogen-bond donors (Lipinski definition) is 1. The van der Waals surface area contributed by atoms with Crippen molar-refractivity contribution in [3.8, 4) is 11.1 Å². The van der Waals surface area contributed by atoms with Crippen LogP contribution in [-0.4, -0.2) is 29.6 Å². The minimum atomic E-state index is 0.0589. The second kappa shape index (κ2) is 5.14. The number of fused-ring (bicyclic) bond motifs is 1. The molecule has 2 aromatic rings. The molecule has 1 saturated carbocycles. The highest BCUT2D eigenvalue weighted by molar-refractivity contribution is 6.16. The Balaban J connectivity index is 1.79. The normalized spacial score (nSPS) is 17.1. The predicted octanol–water partition coefficient (Wildman–Crippen LogP) is 2.57. The van der Waals surface area contributed by atoms with Crippen molar-refractivity contribution in [1.82, 2.24) is 4.98 Å². The molecule has 4 nitrogen and oxygen atoms in total. The Hall–Kier alpha value is -2.33. The average Bonchev–Trinajstić information content (AvgIpc) is 3.40. The number of carbonyl (C=O) groups excluding carboxylic acids is 1. The van der Waals surface area contributed by atoms with Crippen molar-refractivity contribution in [3.05, 3.63) is 53.3 Å². The molecule has 1 aliphatic heterocycles. The molecule has 0 spiro atoms. The van der Waals surface area contributed by atoms with Gasteiger partial charge in [0.2, 0.25) is 0 Å². The lowest BCUT2D eigenvalue weighted by molar-refractivity contribution is 0.1000. The molecule has 0 radical (unpaired) electrons. The first kappa shape index (κ1) is 13.3. The Morgan fingerprint density at radius 1 is 1.09 bits per heavy atom. The molecule has 110 valence electrons. The van der Waals surface area contributed by atoms with Gasteiger partial charge in [0.25, 0.3) is 0 Å². The van der Waals surface area contributed by atoms with Crippen LogP contribution in [0.25, 0.3) is 11.1 Å². The van der Waals surface area contributed by atoms with Crippen molar-refractivity contribution < 1.29 is 4.79 Å². The zero-order valence-corrected chi connectivity index (χ0v) is 12.2. The number of nitrogens with two attached hydrogens (primary N) is 1. The molecule has 0 atom stereocenters. The monoisotopic (exact) mass is 291 g/mol. The zero-order chi connectivity index (χ0) is 15.1. The first-order valence-corrected chi connectivity index (χ1v) is 7.62. The standard InChI is InChI=1S/C18H17N3O/c19-7-17-16-6-12(3-4-15(16)18(22)10-21-17)14-5-13(8-20-9-14)11-1-2-11/h3-6,8-9,11H,1-2,7,10,19H2. The largest absolute Gasteiger partial charge is 0.325 e. The number of aromatic nitrogens is 1. The molecule has 0 unspecified atom stereocenters. The van der Waals surface area contributed by atoms with Crippen molar-refractivity contribution >= 4 is 11.5 Å². The number of aliphatic imine (C=N–C) groups is 1. The van der Waals surface area contributed by atoms with Gasteiger partial charge in [0, 0.05) is 35.6 Å². The number of benzene rings is 1. The predicted molar refractivity (Wildman–Crippen MR) is 86.4 cm³/mol. The minimum Gasteiger partial charge on any atom is -0.325 e. The van der Waals surface area contributed by atoms with E-state index in [9.17, 15) is 4.79 Å². The second-order valence-corrected chi connectivity index (χ2v) is 5.93. The van der Waals surface area contributed by atoms with Gasteiger partial charge in [-0.25, -0.2) is 0 Å². The van der Waals surface area contributed by atoms with Gasteiger partial charge in [0.05, 0.1) is 5.71 Å². The Morgan fingerprint density at radius 3 is 2.73 bits per heavy atom. The van der Waals surface area contributed by atoms with Crippen LogP contribution in [0.1, 0.15) is 40.2 Å². The summed E-state index contributed by atoms with van der Waals surface area (Å²) in [5.41, 5.74) is 11.6. The van der Waals surface area contributed by atoms with Gasteiger partial charge in [0.1, 0.15) is 6.54 Å². The number of hydrogen-bond acceptors (Lipinski definition) is 4. The third-order valence-electron chi connectivity index (χ3n) is 4.38. The molecule has 2 heterocycles. The first-order chi connectivity index (χ1) is 10.8. The van der Waals surface area contributed by atoms with Gasteiger partial charge in [-0.15, -0.1) is 0 Å². The van der Waals surface area contributed by atoms with Gasteiger partial charge in [0.15, 0.2) is 5.78 Å². The smallest absolute Gasteiger partial charge is 0.184 e. The molecule has 0 amide bonds. The number of carbonyl (C=O) groups is 1. The van der Waals surface area contributed by atoms with Crippen LogP contribution in [0.3, 0.4) is 0 Å². The summed E-state index contributed by atoms with van der Waals surface area (Å²) in [6.07, 6.45) is 6.34. The average molecular weight is 291 g/mol. The highest BCUT2D eigenvalue weighted by atomic mass is 16.1. The van der Waals surface area contributed by atoms with E-state index in [4.69, 9.17) is 5.73 Å². The summed E-state index contributed by atoms with van der Waals surface area (Å²) in [7, 11) is 0. The molecule has 0 bridgehead atoms. The maximum Gasteiger partial charge on any atom is 0.184 e. The molecule has 4 rings (SSSR count). The molecule has 4 heteroatoms. The molecule has 1 fully saturated rings. The van der Waals surface area contributed by atoms with Crippen molar-refractivity contribution in [2.45, 2.75) is 18.8 Å². The van der Waals surface area contributed by atoms with E-state index >= 15 is 0 Å². The van der Waals surface area contributed by atoms with Crippen LogP contribution in [0.15, 0.2) is 41.7 Å². The minimum absolute atomic E-state index is 0.0589. The van der Waals surface area contributed by atoms with Gasteiger partial charge >= 0.3 is 0 Å². The first-order valence-electron chi connectivity index (χ1n) is 7.62. The van der Waals surface area contributed by atoms with Crippen LogP contribution in [0.5, 0.6) is 0 Å². The summed E-state index contributed by atoms with van der Waals surface area (Å²) in [5, 5.41) is 0. The van der Waals surface area contributed by atoms with Gasteiger partial charge in [-0.05, 0) is 42.0 Å². The van der Waals surface area contributed by atoms with E-state index in [1.807, 2.05) is 30.6 Å². The van der Waals surface area contributed by atoms with Gasteiger partial charge in [-0.1, -0.05) is 12.1 Å². The second-order valence-electron chi connectivity index (χ2n) is 5.93. The summed E-state index contributed by atoms with van der Waals surface area (Å²) >= 11 is 0. The summed E-state index contributed by atoms with van der Waals surface area (Å²) in [5.74, 6) is 0.733. The molecule has 2 N–H and O–H groups in total. The summed E-state index contributed by atoms with van der Waals surface area (Å²) in [4.78, 5) is 20.6. The fraction of sp³-hybridized carbons (Fsp3) is 0.278. The van der Waals surface area contributed by atoms with E-state index in [1.54, 1.807) is 0 Å². The van der Waals surface area contributed by atoms with E-state index in [2.05, 4.69) is 16.0 Å². The van der Waals surface area contributed by atoms with E-state index in [0.717, 1.165) is 28.0 Å². The molecule has 1 aliphatic carbocycles. The van der Waals surface area contributed by atoms with Crippen molar-refractivity contribution in [3.63, 3.8) is 0 Å². The summed E-state index contributed by atoms with van der Waals surface area (Å²) in [6, 6.07) is 8.10. The molecule has 2 aliphatic rings. The van der Waals surface area contributed by atoms with Crippen molar-refractivity contribution in [2.24, 2.45) is 10.7 Å². The number of ketones is 1. The van der Waals surface area contributed by atoms with Crippen LogP contribution in [-0.2, 0) is 0 Å². The lowest BCUT2D eigenvalue weighted by Crippen LogP contribution is -2.24. The van der Waals surface area contributed by atoms with E-state index in [0.29, 0.717) is 12.5 Å². The van der Waals surface area contributed by atoms with Crippen LogP contribution in [0, 0.1) is 0 Å². The van der Waals surface area contributed by atoms with Crippen molar-refractivity contribution in [2.75, 3.05) is 13.1 Å². The molecule has 22 heavy (non-hydrogen) atoms. The van der Waals surface area contributed by atoms with Crippen molar-refractivity contribution in [1.29, 1.82) is 0 Å². The lowest BCUT2D eigenvalue weighted by atomic mass is 9.92. The summed E-state index contributed by atoms with van der Waals surface area (Å²) in [6.45, 7) is 0.557. The maximum atomic E-state index is 12.0. The highest BCUT2D eigenvalue weighted by Crippen LogP contribution is 2.40. The van der Waals surface area contributed by atoms with E-state index in [-0.39, 0.29) is 12.3 Å². The lowest BCUT2D eigenvalue weighted by Gasteiger charge is -2.16. The van der Waals surface area contributed by atoms with E-state index < -0.39 is 0 Å². The number of Topliss-reactive ketones (excluding diaryl/α,β-unsaturated/α-hetero) is 1. The Labute approximate surface area is 129 Å². The van der Waals surface area contributed by atoms with Gasteiger partial charge in [-0.3, -0.25) is 14.8 Å². The zero-order valence-electron chi connectivity index (χ0n) is 12.2. The number of rotatable bonds is 3. The molecular weight excluding hydrogens is 274 g/mol. The summed E-state index contributed by atoms with van der Waals surface area (Å²) < 4.78 is 0. The molecule has 1 aromatic heterocycles. The Kier molecular flexibility index (Phi) is 3.12. The van der Waals surface area contributed by atoms with Gasteiger partial charge in [-0.2, -0.15) is 0 Å². The molecule has 1 aromatic carbocycles. The Morgan fingerprint density at radius 2 is 1.95 bits per heavy atom. The Bertz CT molecular complexity index is 791. The number of pyridine rings is 1. The molecular formula is C18H17N3O. The number of nitrogens with zero attached hydrogens (tertiary/aromatic N) is 2. The highest BCUT2D eigenvalue weighted by Gasteiger charge is 2.24. The van der Waals surface area contributed by atoms with Crippen LogP contribution in [0.2, 0.25) is 0 Å².